The highest BCUT2D eigenvalue weighted by atomic mass is 32.2. The molecule has 0 aliphatic carbocycles. The van der Waals surface area contributed by atoms with Crippen molar-refractivity contribution in [3.05, 3.63) is 48.5 Å². The van der Waals surface area contributed by atoms with Crippen molar-refractivity contribution in [3.63, 3.8) is 0 Å². The number of amidine groups is 1. The lowest BCUT2D eigenvalue weighted by Crippen LogP contribution is -2.31. The Hall–Kier alpha value is -2.72. The molecule has 8 nitrogen and oxygen atoms in total. The van der Waals surface area contributed by atoms with Crippen molar-refractivity contribution >= 4 is 44.7 Å². The molecule has 10 heteroatoms. The SMILES string of the molecule is CC(C)COC(=O)NC1=Nc2cc(OS(=O)(=O)c3ccccc3)ccc2NS1. The molecular weight excluding hydrogens is 402 g/mol. The van der Waals surface area contributed by atoms with Crippen LogP contribution in [0.5, 0.6) is 5.75 Å². The topological polar surface area (TPSA) is 106 Å². The number of hydrogen-bond acceptors (Lipinski definition) is 8. The lowest BCUT2D eigenvalue weighted by atomic mass is 10.2. The van der Waals surface area contributed by atoms with Gasteiger partial charge in [-0.1, -0.05) is 32.0 Å². The molecule has 2 aromatic carbocycles. The average molecular weight is 422 g/mol. The number of carbonyl (C=O) groups is 1. The predicted molar refractivity (Wildman–Crippen MR) is 108 cm³/mol. The van der Waals surface area contributed by atoms with E-state index in [-0.39, 0.29) is 21.7 Å². The summed E-state index contributed by atoms with van der Waals surface area (Å²) in [6.45, 7) is 4.16. The van der Waals surface area contributed by atoms with E-state index in [1.165, 1.54) is 24.3 Å². The summed E-state index contributed by atoms with van der Waals surface area (Å²) in [5.41, 5.74) is 1.09. The Balaban J connectivity index is 1.74. The summed E-state index contributed by atoms with van der Waals surface area (Å²) in [6.07, 6.45) is -0.607. The number of amides is 1. The van der Waals surface area contributed by atoms with E-state index in [4.69, 9.17) is 8.92 Å². The van der Waals surface area contributed by atoms with Gasteiger partial charge >= 0.3 is 16.2 Å². The lowest BCUT2D eigenvalue weighted by molar-refractivity contribution is 0.138. The van der Waals surface area contributed by atoms with Crippen molar-refractivity contribution in [2.75, 3.05) is 11.3 Å². The van der Waals surface area contributed by atoms with E-state index >= 15 is 0 Å². The minimum Gasteiger partial charge on any atom is -0.449 e. The smallest absolute Gasteiger partial charge is 0.413 e. The Labute approximate surface area is 167 Å². The molecule has 28 heavy (non-hydrogen) atoms. The molecule has 148 valence electrons. The van der Waals surface area contributed by atoms with Crippen molar-refractivity contribution < 1.29 is 22.1 Å². The number of alkyl carbamates (subject to hydrolysis) is 1. The van der Waals surface area contributed by atoms with E-state index in [1.54, 1.807) is 24.3 Å². The highest BCUT2D eigenvalue weighted by molar-refractivity contribution is 8.15. The van der Waals surface area contributed by atoms with Gasteiger partial charge in [-0.2, -0.15) is 8.42 Å². The second kappa shape index (κ2) is 8.53. The van der Waals surface area contributed by atoms with Gasteiger partial charge in [0, 0.05) is 18.0 Å². The van der Waals surface area contributed by atoms with Gasteiger partial charge in [0.2, 0.25) is 0 Å². The Morgan fingerprint density at radius 3 is 2.68 bits per heavy atom. The molecule has 0 aromatic heterocycles. The maximum Gasteiger partial charge on any atom is 0.413 e. The fourth-order valence-corrected chi connectivity index (χ4v) is 3.76. The fourth-order valence-electron chi connectivity index (χ4n) is 2.16. The normalized spacial score (nSPS) is 13.2. The molecule has 1 amide bonds. The third-order valence-electron chi connectivity index (χ3n) is 3.44. The molecule has 1 heterocycles. The molecule has 0 bridgehead atoms. The van der Waals surface area contributed by atoms with Crippen LogP contribution in [0.3, 0.4) is 0 Å². The predicted octanol–water partition coefficient (Wildman–Crippen LogP) is 3.90. The van der Waals surface area contributed by atoms with Gasteiger partial charge < -0.3 is 13.6 Å². The van der Waals surface area contributed by atoms with Gasteiger partial charge in [-0.25, -0.2) is 9.79 Å². The maximum atomic E-state index is 12.4. The number of carbonyl (C=O) groups excluding carboxylic acids is 1. The van der Waals surface area contributed by atoms with Crippen LogP contribution >= 0.6 is 11.9 Å². The second-order valence-electron chi connectivity index (χ2n) is 6.27. The first-order valence-electron chi connectivity index (χ1n) is 8.42. The van der Waals surface area contributed by atoms with Gasteiger partial charge in [-0.15, -0.1) is 0 Å². The Bertz CT molecular complexity index is 992. The third-order valence-corrected chi connectivity index (χ3v) is 5.41. The molecule has 0 saturated carbocycles. The first-order valence-corrected chi connectivity index (χ1v) is 10.6. The Morgan fingerprint density at radius 1 is 1.21 bits per heavy atom. The number of fused-ring (bicyclic) bond motifs is 1. The molecule has 1 aliphatic heterocycles. The van der Waals surface area contributed by atoms with Crippen molar-refractivity contribution in [3.8, 4) is 5.75 Å². The quantitative estimate of drug-likeness (QED) is 0.557. The summed E-state index contributed by atoms with van der Waals surface area (Å²) >= 11 is 1.11. The molecule has 1 aliphatic rings. The van der Waals surface area contributed by atoms with Crippen LogP contribution in [0.15, 0.2) is 58.4 Å². The number of nitrogens with one attached hydrogen (secondary N) is 2. The van der Waals surface area contributed by atoms with E-state index in [9.17, 15) is 13.2 Å². The number of ether oxygens (including phenoxy) is 1. The zero-order valence-corrected chi connectivity index (χ0v) is 16.8. The minimum atomic E-state index is -3.95. The first-order chi connectivity index (χ1) is 13.3. The van der Waals surface area contributed by atoms with Gasteiger partial charge in [-0.05, 0) is 30.2 Å². The molecule has 0 fully saturated rings. The van der Waals surface area contributed by atoms with Crippen LogP contribution in [0.25, 0.3) is 0 Å². The fraction of sp³-hybridized carbons (Fsp3) is 0.222. The monoisotopic (exact) mass is 421 g/mol. The lowest BCUT2D eigenvalue weighted by Gasteiger charge is -2.18. The number of nitrogens with zero attached hydrogens (tertiary/aromatic N) is 1. The van der Waals surface area contributed by atoms with Gasteiger partial charge in [0.05, 0.1) is 18.0 Å². The van der Waals surface area contributed by atoms with E-state index in [0.29, 0.717) is 18.0 Å². The molecule has 2 aromatic rings. The summed E-state index contributed by atoms with van der Waals surface area (Å²) in [7, 11) is -3.95. The van der Waals surface area contributed by atoms with E-state index in [0.717, 1.165) is 11.9 Å². The number of hydrogen-bond donors (Lipinski definition) is 2. The van der Waals surface area contributed by atoms with Gasteiger partial charge in [0.1, 0.15) is 10.6 Å². The minimum absolute atomic E-state index is 0.0557. The summed E-state index contributed by atoms with van der Waals surface area (Å²) in [4.78, 5) is 16.1. The molecule has 0 spiro atoms. The maximum absolute atomic E-state index is 12.4. The highest BCUT2D eigenvalue weighted by Gasteiger charge is 2.19. The average Bonchev–Trinajstić information content (AvgIpc) is 2.66. The number of anilines is 1. The van der Waals surface area contributed by atoms with Crippen molar-refractivity contribution in [1.82, 2.24) is 5.32 Å². The largest absolute Gasteiger partial charge is 0.449 e. The van der Waals surface area contributed by atoms with Crippen molar-refractivity contribution in [1.29, 1.82) is 0 Å². The standard InChI is InChI=1S/C18H19N3O5S2/c1-12(2)11-25-18(22)20-17-19-16-10-13(8-9-15(16)21-27-17)26-28(23,24)14-6-4-3-5-7-14/h3-10,12,21H,11H2,1-2H3,(H,19,20,22). The molecule has 0 radical (unpaired) electrons. The van der Waals surface area contributed by atoms with Crippen molar-refractivity contribution in [2.24, 2.45) is 10.9 Å². The molecular formula is C18H19N3O5S2. The van der Waals surface area contributed by atoms with Gasteiger partial charge in [0.25, 0.3) is 0 Å². The Kier molecular flexibility index (Phi) is 6.10. The van der Waals surface area contributed by atoms with Crippen LogP contribution in [0, 0.1) is 5.92 Å². The first kappa shape index (κ1) is 20.0. The van der Waals surface area contributed by atoms with Crippen molar-refractivity contribution in [2.45, 2.75) is 18.7 Å². The van der Waals surface area contributed by atoms with Gasteiger partial charge in [-0.3, -0.25) is 5.32 Å². The third kappa shape index (κ3) is 5.17. The molecule has 3 rings (SSSR count). The number of benzene rings is 2. The van der Waals surface area contributed by atoms with E-state index in [1.807, 2.05) is 13.8 Å². The van der Waals surface area contributed by atoms with Crippen LogP contribution in [-0.2, 0) is 14.9 Å². The molecule has 0 saturated heterocycles. The highest BCUT2D eigenvalue weighted by Crippen LogP contribution is 2.36. The van der Waals surface area contributed by atoms with Crippen LogP contribution in [0.2, 0.25) is 0 Å². The van der Waals surface area contributed by atoms with Crippen LogP contribution in [-0.4, -0.2) is 26.3 Å². The van der Waals surface area contributed by atoms with Crippen LogP contribution in [0.1, 0.15) is 13.8 Å². The van der Waals surface area contributed by atoms with E-state index < -0.39 is 16.2 Å². The summed E-state index contributed by atoms with van der Waals surface area (Å²) in [6, 6.07) is 12.5. The Morgan fingerprint density at radius 2 is 1.96 bits per heavy atom. The molecule has 2 N–H and O–H groups in total. The van der Waals surface area contributed by atoms with Gasteiger partial charge in [0.15, 0.2) is 5.17 Å². The summed E-state index contributed by atoms with van der Waals surface area (Å²) in [5, 5.41) is 2.82. The second-order valence-corrected chi connectivity index (χ2v) is 8.61. The van der Waals surface area contributed by atoms with Crippen LogP contribution in [0.4, 0.5) is 16.2 Å². The summed E-state index contributed by atoms with van der Waals surface area (Å²) in [5.74, 6) is 0.332. The zero-order chi connectivity index (χ0) is 20.1. The number of aliphatic imine (C=N–C) groups is 1. The number of rotatable bonds is 5. The summed E-state index contributed by atoms with van der Waals surface area (Å²) < 4.78 is 38.0. The van der Waals surface area contributed by atoms with Crippen LogP contribution < -0.4 is 14.2 Å². The molecule has 0 unspecified atom stereocenters. The van der Waals surface area contributed by atoms with E-state index in [2.05, 4.69) is 15.0 Å². The zero-order valence-electron chi connectivity index (χ0n) is 15.2. The molecule has 0 atom stereocenters.